The minimum Gasteiger partial charge on any atom is -0.259 e. The normalized spacial score (nSPS) is 10.5. The number of hydrogen-bond acceptors (Lipinski definition) is 2. The number of aryl methyl sites for hydroxylation is 1. The summed E-state index contributed by atoms with van der Waals surface area (Å²) in [5, 5.41) is 1.69. The van der Waals surface area contributed by atoms with Crippen molar-refractivity contribution in [3.63, 3.8) is 0 Å². The smallest absolute Gasteiger partial charge is 0.0900 e. The zero-order valence-corrected chi connectivity index (χ0v) is 7.34. The van der Waals surface area contributed by atoms with Crippen LogP contribution in [-0.2, 0) is 0 Å². The van der Waals surface area contributed by atoms with Gasteiger partial charge in [0.15, 0.2) is 0 Å². The van der Waals surface area contributed by atoms with Crippen molar-refractivity contribution >= 4 is 22.5 Å². The predicted molar refractivity (Wildman–Crippen MR) is 49.3 cm³/mol. The molecular weight excluding hydrogens is 172 g/mol. The first-order valence-electron chi connectivity index (χ1n) is 3.64. The largest absolute Gasteiger partial charge is 0.259 e. The number of rotatable bonds is 0. The zero-order chi connectivity index (χ0) is 8.55. The number of pyridine rings is 2. The molecule has 0 radical (unpaired) electrons. The molecule has 0 aliphatic heterocycles. The Labute approximate surface area is 75.2 Å². The highest BCUT2D eigenvalue weighted by Crippen LogP contribution is 2.20. The Bertz CT molecular complexity index is 426. The van der Waals surface area contributed by atoms with Gasteiger partial charge in [0.05, 0.1) is 16.7 Å². The maximum Gasteiger partial charge on any atom is 0.0900 e. The van der Waals surface area contributed by atoms with Gasteiger partial charge in [-0.15, -0.1) is 0 Å². The molecule has 0 N–H and O–H groups in total. The molecular formula is C9H7ClN2. The topological polar surface area (TPSA) is 25.8 Å². The van der Waals surface area contributed by atoms with Crippen molar-refractivity contribution in [1.82, 2.24) is 9.97 Å². The second-order valence-corrected chi connectivity index (χ2v) is 3.04. The molecule has 60 valence electrons. The third kappa shape index (κ3) is 1.14. The van der Waals surface area contributed by atoms with Crippen LogP contribution in [-0.4, -0.2) is 9.97 Å². The SMILES string of the molecule is Cc1cc2c(Cl)ccnc2cn1. The molecule has 0 aliphatic carbocycles. The van der Waals surface area contributed by atoms with E-state index in [2.05, 4.69) is 9.97 Å². The van der Waals surface area contributed by atoms with Crippen LogP contribution in [0.15, 0.2) is 24.5 Å². The van der Waals surface area contributed by atoms with Gasteiger partial charge >= 0.3 is 0 Å². The van der Waals surface area contributed by atoms with E-state index in [9.17, 15) is 0 Å². The van der Waals surface area contributed by atoms with E-state index in [1.165, 1.54) is 0 Å². The average molecular weight is 179 g/mol. The Balaban J connectivity index is 2.88. The van der Waals surface area contributed by atoms with E-state index in [1.807, 2.05) is 13.0 Å². The number of hydrogen-bond donors (Lipinski definition) is 0. The summed E-state index contributed by atoms with van der Waals surface area (Å²) in [6.07, 6.45) is 3.41. The minimum atomic E-state index is 0.727. The maximum atomic E-state index is 5.96. The lowest BCUT2D eigenvalue weighted by atomic mass is 10.2. The van der Waals surface area contributed by atoms with Gasteiger partial charge in [-0.25, -0.2) is 0 Å². The van der Waals surface area contributed by atoms with Gasteiger partial charge in [-0.3, -0.25) is 9.97 Å². The fraction of sp³-hybridized carbons (Fsp3) is 0.111. The molecule has 0 unspecified atom stereocenters. The minimum absolute atomic E-state index is 0.727. The first-order valence-corrected chi connectivity index (χ1v) is 4.02. The van der Waals surface area contributed by atoms with E-state index in [4.69, 9.17) is 11.6 Å². The standard InChI is InChI=1S/C9H7ClN2/c1-6-4-7-8(10)2-3-11-9(7)5-12-6/h2-5H,1H3. The van der Waals surface area contributed by atoms with Gasteiger partial charge in [-0.05, 0) is 19.1 Å². The van der Waals surface area contributed by atoms with E-state index in [0.717, 1.165) is 21.6 Å². The molecule has 2 nitrogen and oxygen atoms in total. The fourth-order valence-corrected chi connectivity index (χ4v) is 1.33. The van der Waals surface area contributed by atoms with Gasteiger partial charge in [0.1, 0.15) is 0 Å². The van der Waals surface area contributed by atoms with Crippen LogP contribution in [0.2, 0.25) is 5.02 Å². The molecule has 3 heteroatoms. The van der Waals surface area contributed by atoms with Gasteiger partial charge in [-0.1, -0.05) is 11.6 Å². The van der Waals surface area contributed by atoms with Crippen molar-refractivity contribution < 1.29 is 0 Å². The average Bonchev–Trinajstić information content (AvgIpc) is 2.07. The summed E-state index contributed by atoms with van der Waals surface area (Å²) in [5.74, 6) is 0. The molecule has 12 heavy (non-hydrogen) atoms. The summed E-state index contributed by atoms with van der Waals surface area (Å²) in [4.78, 5) is 8.26. The van der Waals surface area contributed by atoms with Crippen LogP contribution in [0.4, 0.5) is 0 Å². The molecule has 2 aromatic heterocycles. The molecule has 2 aromatic rings. The third-order valence-electron chi connectivity index (χ3n) is 1.71. The molecule has 0 saturated carbocycles. The highest BCUT2D eigenvalue weighted by molar-refractivity contribution is 6.35. The first-order chi connectivity index (χ1) is 5.77. The summed E-state index contributed by atoms with van der Waals surface area (Å²) >= 11 is 5.96. The third-order valence-corrected chi connectivity index (χ3v) is 2.04. The monoisotopic (exact) mass is 178 g/mol. The lowest BCUT2D eigenvalue weighted by Crippen LogP contribution is -1.84. The van der Waals surface area contributed by atoms with Crippen molar-refractivity contribution in [2.45, 2.75) is 6.92 Å². The van der Waals surface area contributed by atoms with Crippen LogP contribution in [0.25, 0.3) is 10.9 Å². The highest BCUT2D eigenvalue weighted by Gasteiger charge is 1.98. The quantitative estimate of drug-likeness (QED) is 0.620. The summed E-state index contributed by atoms with van der Waals surface area (Å²) in [6, 6.07) is 3.72. The Kier molecular flexibility index (Phi) is 1.70. The molecule has 0 amide bonds. The van der Waals surface area contributed by atoms with Crippen LogP contribution >= 0.6 is 11.6 Å². The second-order valence-electron chi connectivity index (χ2n) is 2.64. The van der Waals surface area contributed by atoms with Gasteiger partial charge in [-0.2, -0.15) is 0 Å². The maximum absolute atomic E-state index is 5.96. The van der Waals surface area contributed by atoms with Crippen LogP contribution in [0.5, 0.6) is 0 Å². The predicted octanol–water partition coefficient (Wildman–Crippen LogP) is 2.59. The lowest BCUT2D eigenvalue weighted by molar-refractivity contribution is 1.21. The molecule has 0 saturated heterocycles. The first kappa shape index (κ1) is 7.50. The van der Waals surface area contributed by atoms with E-state index in [0.29, 0.717) is 0 Å². The number of nitrogens with zero attached hydrogens (tertiary/aromatic N) is 2. The van der Waals surface area contributed by atoms with E-state index in [-0.39, 0.29) is 0 Å². The molecule has 0 aromatic carbocycles. The molecule has 2 heterocycles. The van der Waals surface area contributed by atoms with Gasteiger partial charge in [0.2, 0.25) is 0 Å². The van der Waals surface area contributed by atoms with Crippen molar-refractivity contribution in [3.8, 4) is 0 Å². The molecule has 0 bridgehead atoms. The second kappa shape index (κ2) is 2.72. The van der Waals surface area contributed by atoms with Crippen molar-refractivity contribution in [1.29, 1.82) is 0 Å². The fourth-order valence-electron chi connectivity index (χ4n) is 1.12. The summed E-state index contributed by atoms with van der Waals surface area (Å²) in [7, 11) is 0. The molecule has 0 fully saturated rings. The van der Waals surface area contributed by atoms with Crippen LogP contribution in [0.1, 0.15) is 5.69 Å². The molecule has 0 aliphatic rings. The van der Waals surface area contributed by atoms with E-state index < -0.39 is 0 Å². The zero-order valence-electron chi connectivity index (χ0n) is 6.58. The van der Waals surface area contributed by atoms with Gasteiger partial charge < -0.3 is 0 Å². The molecule has 0 atom stereocenters. The summed E-state index contributed by atoms with van der Waals surface area (Å²) in [6.45, 7) is 1.93. The number of fused-ring (bicyclic) bond motifs is 1. The van der Waals surface area contributed by atoms with Crippen molar-refractivity contribution in [2.75, 3.05) is 0 Å². The Morgan fingerprint density at radius 2 is 2.17 bits per heavy atom. The Morgan fingerprint density at radius 1 is 1.33 bits per heavy atom. The summed E-state index contributed by atoms with van der Waals surface area (Å²) in [5.41, 5.74) is 1.80. The van der Waals surface area contributed by atoms with Crippen molar-refractivity contribution in [2.24, 2.45) is 0 Å². The van der Waals surface area contributed by atoms with Gasteiger partial charge in [0, 0.05) is 17.3 Å². The van der Waals surface area contributed by atoms with Crippen LogP contribution < -0.4 is 0 Å². The number of halogens is 1. The van der Waals surface area contributed by atoms with Crippen molar-refractivity contribution in [3.05, 3.63) is 35.2 Å². The molecule has 0 spiro atoms. The Hall–Kier alpha value is -1.15. The van der Waals surface area contributed by atoms with Crippen LogP contribution in [0.3, 0.4) is 0 Å². The molecule has 2 rings (SSSR count). The number of aromatic nitrogens is 2. The van der Waals surface area contributed by atoms with Gasteiger partial charge in [0.25, 0.3) is 0 Å². The van der Waals surface area contributed by atoms with E-state index >= 15 is 0 Å². The lowest BCUT2D eigenvalue weighted by Gasteiger charge is -1.98. The van der Waals surface area contributed by atoms with Crippen LogP contribution in [0, 0.1) is 6.92 Å². The summed E-state index contributed by atoms with van der Waals surface area (Å²) < 4.78 is 0. The highest BCUT2D eigenvalue weighted by atomic mass is 35.5. The van der Waals surface area contributed by atoms with E-state index in [1.54, 1.807) is 18.5 Å². The Morgan fingerprint density at radius 3 is 3.00 bits per heavy atom.